The summed E-state index contributed by atoms with van der Waals surface area (Å²) in [5.41, 5.74) is 1.08. The minimum absolute atomic E-state index is 0.0466. The van der Waals surface area contributed by atoms with E-state index >= 15 is 0 Å². The van der Waals surface area contributed by atoms with Crippen molar-refractivity contribution >= 4 is 55.4 Å². The SMILES string of the molecule is CCc1ccc2sc3c(C(=O)O)c(=O)c4cnc(N5CCC6(CCN(C(=O)OC(C)(C)C)C6)CC5)nc4n3c2c1. The van der Waals surface area contributed by atoms with E-state index in [9.17, 15) is 19.5 Å². The minimum atomic E-state index is -1.26. The maximum absolute atomic E-state index is 13.3. The number of carboxylic acids is 1. The fraction of sp³-hybridized carbons (Fsp3) is 0.483. The number of piperidine rings is 1. The van der Waals surface area contributed by atoms with Gasteiger partial charge in [0.2, 0.25) is 11.4 Å². The number of anilines is 1. The molecule has 1 amide bonds. The van der Waals surface area contributed by atoms with E-state index in [0.29, 0.717) is 29.5 Å². The van der Waals surface area contributed by atoms with Gasteiger partial charge in [-0.15, -0.1) is 11.3 Å². The van der Waals surface area contributed by atoms with Crippen LogP contribution in [0.4, 0.5) is 10.7 Å². The Labute approximate surface area is 235 Å². The molecule has 10 nitrogen and oxygen atoms in total. The second-order valence-corrected chi connectivity index (χ2v) is 13.0. The normalized spacial score (nSPS) is 17.4. The number of ether oxygens (including phenoxy) is 1. The number of carboxylic acid groups (broad SMARTS) is 1. The highest BCUT2D eigenvalue weighted by Crippen LogP contribution is 2.41. The highest BCUT2D eigenvalue weighted by atomic mass is 32.1. The van der Waals surface area contributed by atoms with Crippen LogP contribution in [-0.2, 0) is 11.2 Å². The Bertz CT molecular complexity index is 1730. The van der Waals surface area contributed by atoms with Crippen LogP contribution in [0.2, 0.25) is 0 Å². The zero-order chi connectivity index (χ0) is 28.4. The number of thiazole rings is 1. The molecule has 40 heavy (non-hydrogen) atoms. The number of hydrogen-bond donors (Lipinski definition) is 1. The Balaban J connectivity index is 1.34. The molecule has 1 N–H and O–H groups in total. The summed E-state index contributed by atoms with van der Waals surface area (Å²) in [5.74, 6) is -0.735. The fourth-order valence-corrected chi connectivity index (χ4v) is 7.11. The van der Waals surface area contributed by atoms with E-state index in [1.54, 1.807) is 0 Å². The van der Waals surface area contributed by atoms with Gasteiger partial charge in [0.15, 0.2) is 5.65 Å². The molecular formula is C29H33N5O5S. The molecule has 4 aromatic rings. The predicted octanol–water partition coefficient (Wildman–Crippen LogP) is 4.95. The average molecular weight is 564 g/mol. The lowest BCUT2D eigenvalue weighted by atomic mass is 9.78. The molecule has 3 aromatic heterocycles. The van der Waals surface area contributed by atoms with Crippen molar-refractivity contribution in [2.24, 2.45) is 5.41 Å². The van der Waals surface area contributed by atoms with Crippen LogP contribution in [0.5, 0.6) is 0 Å². The molecule has 0 radical (unpaired) electrons. The van der Waals surface area contributed by atoms with E-state index in [1.807, 2.05) is 48.3 Å². The zero-order valence-electron chi connectivity index (χ0n) is 23.2. The number of aromatic nitrogens is 3. The molecule has 0 bridgehead atoms. The van der Waals surface area contributed by atoms with E-state index in [-0.39, 0.29) is 22.5 Å². The number of hydrogen-bond acceptors (Lipinski definition) is 8. The van der Waals surface area contributed by atoms with E-state index in [0.717, 1.165) is 54.6 Å². The van der Waals surface area contributed by atoms with Crippen molar-refractivity contribution in [1.29, 1.82) is 0 Å². The molecule has 5 heterocycles. The van der Waals surface area contributed by atoms with Crippen molar-refractivity contribution in [3.63, 3.8) is 0 Å². The quantitative estimate of drug-likeness (QED) is 0.372. The number of aromatic carboxylic acids is 1. The van der Waals surface area contributed by atoms with E-state index < -0.39 is 17.0 Å². The van der Waals surface area contributed by atoms with Crippen LogP contribution in [-0.4, -0.2) is 68.2 Å². The summed E-state index contributed by atoms with van der Waals surface area (Å²) in [5, 5.41) is 10.1. The van der Waals surface area contributed by atoms with Crippen LogP contribution < -0.4 is 10.3 Å². The third-order valence-electron chi connectivity index (χ3n) is 8.15. The Kier molecular flexibility index (Phi) is 6.25. The van der Waals surface area contributed by atoms with Gasteiger partial charge >= 0.3 is 12.1 Å². The lowest BCUT2D eigenvalue weighted by molar-refractivity contribution is 0.0266. The summed E-state index contributed by atoms with van der Waals surface area (Å²) < 4.78 is 8.29. The topological polar surface area (TPSA) is 117 Å². The molecule has 2 fully saturated rings. The molecule has 11 heteroatoms. The Morgan fingerprint density at radius 1 is 1.15 bits per heavy atom. The summed E-state index contributed by atoms with van der Waals surface area (Å²) in [6, 6.07) is 6.04. The van der Waals surface area contributed by atoms with Crippen LogP contribution in [0.1, 0.15) is 62.9 Å². The van der Waals surface area contributed by atoms with Crippen molar-refractivity contribution in [1.82, 2.24) is 19.3 Å². The van der Waals surface area contributed by atoms with Crippen LogP contribution in [0, 0.1) is 5.41 Å². The standard InChI is InChI=1S/C29H33N5O5S/c1-5-17-6-7-20-19(14-17)34-23-18(22(35)21(25(36)37)24(34)40-20)15-30-26(31-23)32-11-8-29(9-12-32)10-13-33(16-29)27(38)39-28(2,3)4/h6-7,14-15H,5,8-13,16H2,1-4H3,(H,36,37). The lowest BCUT2D eigenvalue weighted by Gasteiger charge is -2.39. The highest BCUT2D eigenvalue weighted by Gasteiger charge is 2.43. The molecule has 0 aliphatic carbocycles. The van der Waals surface area contributed by atoms with Crippen molar-refractivity contribution in [3.8, 4) is 0 Å². The van der Waals surface area contributed by atoms with Crippen molar-refractivity contribution in [3.05, 3.63) is 45.7 Å². The number of rotatable bonds is 3. The number of carbonyl (C=O) groups is 2. The summed E-state index contributed by atoms with van der Waals surface area (Å²) in [6.07, 6.45) is 4.76. The van der Waals surface area contributed by atoms with E-state index in [4.69, 9.17) is 9.72 Å². The second kappa shape index (κ2) is 9.43. The molecule has 0 saturated carbocycles. The molecule has 6 rings (SSSR count). The van der Waals surface area contributed by atoms with Gasteiger partial charge < -0.3 is 19.6 Å². The maximum Gasteiger partial charge on any atom is 0.410 e. The number of aryl methyl sites for hydroxylation is 1. The molecule has 1 spiro atoms. The van der Waals surface area contributed by atoms with Crippen LogP contribution in [0.15, 0.2) is 29.2 Å². The molecule has 2 saturated heterocycles. The monoisotopic (exact) mass is 563 g/mol. The minimum Gasteiger partial charge on any atom is -0.477 e. The lowest BCUT2D eigenvalue weighted by Crippen LogP contribution is -2.43. The van der Waals surface area contributed by atoms with Crippen molar-refractivity contribution in [2.45, 2.75) is 59.0 Å². The fourth-order valence-electron chi connectivity index (χ4n) is 5.95. The summed E-state index contributed by atoms with van der Waals surface area (Å²) >= 11 is 1.29. The van der Waals surface area contributed by atoms with Gasteiger partial charge in [-0.05, 0) is 69.6 Å². The molecule has 2 aliphatic rings. The third kappa shape index (κ3) is 4.46. The Morgan fingerprint density at radius 3 is 2.55 bits per heavy atom. The average Bonchev–Trinajstić information content (AvgIpc) is 3.49. The third-order valence-corrected chi connectivity index (χ3v) is 9.29. The van der Waals surface area contributed by atoms with Crippen molar-refractivity contribution in [2.75, 3.05) is 31.1 Å². The molecule has 0 atom stereocenters. The van der Waals surface area contributed by atoms with Gasteiger partial charge in [-0.2, -0.15) is 4.98 Å². The van der Waals surface area contributed by atoms with Crippen LogP contribution in [0.25, 0.3) is 26.1 Å². The number of nitrogens with zero attached hydrogens (tertiary/aromatic N) is 5. The molecule has 1 aromatic carbocycles. The number of pyridine rings is 1. The van der Waals surface area contributed by atoms with Gasteiger partial charge in [0.05, 0.1) is 15.6 Å². The summed E-state index contributed by atoms with van der Waals surface area (Å²) in [4.78, 5) is 51.8. The largest absolute Gasteiger partial charge is 0.477 e. The number of fused-ring (bicyclic) bond motifs is 5. The molecular weight excluding hydrogens is 530 g/mol. The highest BCUT2D eigenvalue weighted by molar-refractivity contribution is 7.24. The van der Waals surface area contributed by atoms with Crippen molar-refractivity contribution < 1.29 is 19.4 Å². The Morgan fingerprint density at radius 2 is 1.88 bits per heavy atom. The number of benzene rings is 1. The number of carbonyl (C=O) groups excluding carboxylic acids is 1. The molecule has 0 unspecified atom stereocenters. The summed E-state index contributed by atoms with van der Waals surface area (Å²) in [7, 11) is 0. The summed E-state index contributed by atoms with van der Waals surface area (Å²) in [6.45, 7) is 10.5. The van der Waals surface area contributed by atoms with Crippen LogP contribution in [0.3, 0.4) is 0 Å². The second-order valence-electron chi connectivity index (χ2n) is 12.0. The van der Waals surface area contributed by atoms with Gasteiger partial charge in [-0.1, -0.05) is 13.0 Å². The zero-order valence-corrected chi connectivity index (χ0v) is 24.0. The Hall–Kier alpha value is -3.73. The smallest absolute Gasteiger partial charge is 0.410 e. The number of likely N-dealkylation sites (tertiary alicyclic amines) is 1. The predicted molar refractivity (Wildman–Crippen MR) is 155 cm³/mol. The number of amides is 1. The first-order valence-corrected chi connectivity index (χ1v) is 14.5. The van der Waals surface area contributed by atoms with Gasteiger partial charge in [0.1, 0.15) is 16.0 Å². The van der Waals surface area contributed by atoms with E-state index in [2.05, 4.69) is 16.8 Å². The van der Waals surface area contributed by atoms with Gasteiger partial charge in [0, 0.05) is 32.4 Å². The molecule has 210 valence electrons. The van der Waals surface area contributed by atoms with Gasteiger partial charge in [-0.25, -0.2) is 14.6 Å². The first-order valence-electron chi connectivity index (χ1n) is 13.7. The van der Waals surface area contributed by atoms with Gasteiger partial charge in [0.25, 0.3) is 0 Å². The molecule has 2 aliphatic heterocycles. The van der Waals surface area contributed by atoms with Gasteiger partial charge in [-0.3, -0.25) is 9.20 Å². The van der Waals surface area contributed by atoms with E-state index in [1.165, 1.54) is 17.5 Å². The maximum atomic E-state index is 13.3. The van der Waals surface area contributed by atoms with Crippen LogP contribution >= 0.6 is 11.3 Å². The first-order chi connectivity index (χ1) is 19.0. The first kappa shape index (κ1) is 26.5.